The van der Waals surface area contributed by atoms with Crippen molar-refractivity contribution in [1.29, 1.82) is 5.26 Å². The van der Waals surface area contributed by atoms with Crippen molar-refractivity contribution in [3.05, 3.63) is 26.7 Å². The van der Waals surface area contributed by atoms with Crippen molar-refractivity contribution in [3.63, 3.8) is 0 Å². The zero-order chi connectivity index (χ0) is 14.6. The molecule has 0 fully saturated rings. The van der Waals surface area contributed by atoms with Gasteiger partial charge in [0.25, 0.3) is 0 Å². The number of methoxy groups -OCH3 is 1. The molecule has 0 radical (unpaired) electrons. The molecule has 0 aliphatic rings. The molecule has 104 valence electrons. The maximum absolute atomic E-state index is 8.79. The molecular formula is C15H21BrN2O. The Morgan fingerprint density at radius 2 is 1.89 bits per heavy atom. The van der Waals surface area contributed by atoms with Gasteiger partial charge in [-0.1, -0.05) is 15.9 Å². The second-order valence-corrected chi connectivity index (χ2v) is 5.47. The fourth-order valence-electron chi connectivity index (χ4n) is 2.43. The van der Waals surface area contributed by atoms with E-state index in [-0.39, 0.29) is 6.04 Å². The Balaban J connectivity index is 3.43. The summed E-state index contributed by atoms with van der Waals surface area (Å²) in [6.45, 7) is 6.24. The summed E-state index contributed by atoms with van der Waals surface area (Å²) in [5, 5.41) is 12.1. The standard InChI is InChI=1S/C15H21BrN2O/c1-9-10(2)15(19-5)13(11(3)14(9)16)12(18-4)7-6-8-17/h12,18H,6-7H2,1-5H3. The van der Waals surface area contributed by atoms with E-state index in [9.17, 15) is 0 Å². The van der Waals surface area contributed by atoms with Gasteiger partial charge in [0.1, 0.15) is 5.75 Å². The van der Waals surface area contributed by atoms with Gasteiger partial charge in [-0.05, 0) is 50.9 Å². The van der Waals surface area contributed by atoms with Crippen LogP contribution in [0, 0.1) is 32.1 Å². The quantitative estimate of drug-likeness (QED) is 0.892. The van der Waals surface area contributed by atoms with Crippen LogP contribution in [0.1, 0.15) is 41.1 Å². The molecule has 0 aliphatic carbocycles. The first-order valence-electron chi connectivity index (χ1n) is 6.36. The molecule has 0 spiro atoms. The molecule has 0 saturated heterocycles. The van der Waals surface area contributed by atoms with Crippen molar-refractivity contribution in [2.45, 2.75) is 39.7 Å². The molecule has 0 aromatic heterocycles. The highest BCUT2D eigenvalue weighted by molar-refractivity contribution is 9.10. The van der Waals surface area contributed by atoms with E-state index in [1.807, 2.05) is 7.05 Å². The minimum atomic E-state index is 0.130. The Bertz CT molecular complexity index is 506. The normalized spacial score (nSPS) is 12.1. The second kappa shape index (κ2) is 6.93. The Morgan fingerprint density at radius 3 is 2.37 bits per heavy atom. The van der Waals surface area contributed by atoms with E-state index in [0.717, 1.165) is 27.8 Å². The van der Waals surface area contributed by atoms with E-state index in [1.54, 1.807) is 7.11 Å². The molecule has 0 heterocycles. The van der Waals surface area contributed by atoms with Gasteiger partial charge in [0.15, 0.2) is 0 Å². The number of nitriles is 1. The SMILES string of the molecule is CNC(CCC#N)c1c(C)c(Br)c(C)c(C)c1OC. The summed E-state index contributed by atoms with van der Waals surface area (Å²) in [6.07, 6.45) is 1.30. The Hall–Kier alpha value is -1.05. The van der Waals surface area contributed by atoms with Gasteiger partial charge in [-0.15, -0.1) is 0 Å². The smallest absolute Gasteiger partial charge is 0.127 e. The maximum Gasteiger partial charge on any atom is 0.127 e. The van der Waals surface area contributed by atoms with Crippen molar-refractivity contribution in [2.24, 2.45) is 0 Å². The van der Waals surface area contributed by atoms with E-state index in [1.165, 1.54) is 11.1 Å². The summed E-state index contributed by atoms with van der Waals surface area (Å²) in [6, 6.07) is 2.34. The predicted molar refractivity (Wildman–Crippen MR) is 81.6 cm³/mol. The number of nitrogens with one attached hydrogen (secondary N) is 1. The van der Waals surface area contributed by atoms with Crippen molar-refractivity contribution < 1.29 is 4.74 Å². The van der Waals surface area contributed by atoms with Crippen molar-refractivity contribution in [3.8, 4) is 11.8 Å². The first kappa shape index (κ1) is 16.0. The summed E-state index contributed by atoms with van der Waals surface area (Å²) < 4.78 is 6.73. The topological polar surface area (TPSA) is 45.0 Å². The number of nitrogens with zero attached hydrogens (tertiary/aromatic N) is 1. The van der Waals surface area contributed by atoms with Gasteiger partial charge in [0, 0.05) is 22.5 Å². The predicted octanol–water partition coefficient (Wildman–Crippen LogP) is 3.95. The van der Waals surface area contributed by atoms with Crippen LogP contribution in [0.15, 0.2) is 4.47 Å². The van der Waals surface area contributed by atoms with E-state index in [4.69, 9.17) is 10.00 Å². The van der Waals surface area contributed by atoms with Crippen molar-refractivity contribution >= 4 is 15.9 Å². The van der Waals surface area contributed by atoms with Crippen LogP contribution in [0.25, 0.3) is 0 Å². The van der Waals surface area contributed by atoms with Crippen LogP contribution in [0.2, 0.25) is 0 Å². The zero-order valence-corrected chi connectivity index (χ0v) is 13.8. The van der Waals surface area contributed by atoms with Crippen molar-refractivity contribution in [1.82, 2.24) is 5.32 Å². The Labute approximate surface area is 124 Å². The third-order valence-electron chi connectivity index (χ3n) is 3.66. The van der Waals surface area contributed by atoms with Gasteiger partial charge in [0.05, 0.1) is 13.2 Å². The number of ether oxygens (including phenoxy) is 1. The van der Waals surface area contributed by atoms with Gasteiger partial charge in [-0.2, -0.15) is 5.26 Å². The number of hydrogen-bond donors (Lipinski definition) is 1. The Morgan fingerprint density at radius 1 is 1.26 bits per heavy atom. The first-order valence-corrected chi connectivity index (χ1v) is 7.16. The lowest BCUT2D eigenvalue weighted by Crippen LogP contribution is -2.19. The molecular weight excluding hydrogens is 304 g/mol. The lowest BCUT2D eigenvalue weighted by molar-refractivity contribution is 0.394. The van der Waals surface area contributed by atoms with E-state index in [2.05, 4.69) is 48.1 Å². The molecule has 1 rings (SSSR count). The molecule has 0 bridgehead atoms. The molecule has 4 heteroatoms. The van der Waals surface area contributed by atoms with E-state index >= 15 is 0 Å². The molecule has 0 saturated carbocycles. The van der Waals surface area contributed by atoms with Crippen LogP contribution < -0.4 is 10.1 Å². The summed E-state index contributed by atoms with van der Waals surface area (Å²) in [4.78, 5) is 0. The molecule has 1 N–H and O–H groups in total. The highest BCUT2D eigenvalue weighted by Gasteiger charge is 2.22. The number of halogens is 1. The minimum absolute atomic E-state index is 0.130. The first-order chi connectivity index (χ1) is 8.99. The zero-order valence-electron chi connectivity index (χ0n) is 12.2. The average molecular weight is 325 g/mol. The third kappa shape index (κ3) is 3.10. The molecule has 0 amide bonds. The highest BCUT2D eigenvalue weighted by Crippen LogP contribution is 2.40. The monoisotopic (exact) mass is 324 g/mol. The van der Waals surface area contributed by atoms with Crippen LogP contribution in [0.5, 0.6) is 5.75 Å². The molecule has 1 unspecified atom stereocenters. The number of benzene rings is 1. The number of rotatable bonds is 5. The third-order valence-corrected chi connectivity index (χ3v) is 4.85. The van der Waals surface area contributed by atoms with Crippen LogP contribution in [-0.4, -0.2) is 14.2 Å². The van der Waals surface area contributed by atoms with Gasteiger partial charge < -0.3 is 10.1 Å². The van der Waals surface area contributed by atoms with E-state index < -0.39 is 0 Å². The number of hydrogen-bond acceptors (Lipinski definition) is 3. The molecule has 3 nitrogen and oxygen atoms in total. The second-order valence-electron chi connectivity index (χ2n) is 4.67. The van der Waals surface area contributed by atoms with Crippen molar-refractivity contribution in [2.75, 3.05) is 14.2 Å². The molecule has 1 aromatic rings. The molecule has 19 heavy (non-hydrogen) atoms. The Kier molecular flexibility index (Phi) is 5.84. The molecule has 0 aliphatic heterocycles. The lowest BCUT2D eigenvalue weighted by atomic mass is 9.92. The summed E-state index contributed by atoms with van der Waals surface area (Å²) in [5.74, 6) is 0.926. The summed E-state index contributed by atoms with van der Waals surface area (Å²) >= 11 is 3.66. The van der Waals surface area contributed by atoms with Crippen LogP contribution in [0.3, 0.4) is 0 Å². The minimum Gasteiger partial charge on any atom is -0.496 e. The lowest BCUT2D eigenvalue weighted by Gasteiger charge is -2.24. The van der Waals surface area contributed by atoms with Crippen LogP contribution in [0.4, 0.5) is 0 Å². The van der Waals surface area contributed by atoms with Crippen LogP contribution >= 0.6 is 15.9 Å². The van der Waals surface area contributed by atoms with Gasteiger partial charge in [0.2, 0.25) is 0 Å². The van der Waals surface area contributed by atoms with Gasteiger partial charge in [-0.25, -0.2) is 0 Å². The fraction of sp³-hybridized carbons (Fsp3) is 0.533. The van der Waals surface area contributed by atoms with E-state index in [0.29, 0.717) is 6.42 Å². The molecule has 1 atom stereocenters. The average Bonchev–Trinajstić information content (AvgIpc) is 2.42. The summed E-state index contributed by atoms with van der Waals surface area (Å²) in [7, 11) is 3.62. The van der Waals surface area contributed by atoms with Gasteiger partial charge in [-0.3, -0.25) is 0 Å². The fourth-order valence-corrected chi connectivity index (χ4v) is 2.94. The largest absolute Gasteiger partial charge is 0.496 e. The van der Waals surface area contributed by atoms with Crippen LogP contribution in [-0.2, 0) is 0 Å². The molecule has 1 aromatic carbocycles. The van der Waals surface area contributed by atoms with Gasteiger partial charge >= 0.3 is 0 Å². The summed E-state index contributed by atoms with van der Waals surface area (Å²) in [5.41, 5.74) is 4.67. The maximum atomic E-state index is 8.79. The highest BCUT2D eigenvalue weighted by atomic mass is 79.9.